The summed E-state index contributed by atoms with van der Waals surface area (Å²) in [5, 5.41) is 29.0. The largest absolute Gasteiger partial charge is 0.481 e. The van der Waals surface area contributed by atoms with Crippen molar-refractivity contribution in [1.29, 1.82) is 0 Å². The van der Waals surface area contributed by atoms with Gasteiger partial charge in [-0.2, -0.15) is 0 Å². The van der Waals surface area contributed by atoms with Crippen molar-refractivity contribution in [3.8, 4) is 0 Å². The fraction of sp³-hybridized carbons (Fsp3) is 0.750. The molecule has 138 valence electrons. The fourth-order valence-electron chi connectivity index (χ4n) is 3.56. The fourth-order valence-corrected chi connectivity index (χ4v) is 3.56. The minimum absolute atomic E-state index is 0.0657. The number of aliphatic hydroxyl groups excluding tert-OH is 2. The molecule has 0 bridgehead atoms. The molecule has 3 N–H and O–H groups in total. The van der Waals surface area contributed by atoms with E-state index in [0.29, 0.717) is 6.42 Å². The van der Waals surface area contributed by atoms with Crippen LogP contribution < -0.4 is 0 Å². The first-order valence-corrected chi connectivity index (χ1v) is 9.44. The minimum Gasteiger partial charge on any atom is -0.481 e. The third kappa shape index (κ3) is 8.11. The third-order valence-electron chi connectivity index (χ3n) is 4.94. The molecule has 24 heavy (non-hydrogen) atoms. The Hall–Kier alpha value is -1.13. The van der Waals surface area contributed by atoms with Gasteiger partial charge in [0.15, 0.2) is 0 Å². The zero-order valence-electron chi connectivity index (χ0n) is 14.9. The number of aliphatic hydroxyl groups is 2. The highest BCUT2D eigenvalue weighted by molar-refractivity contribution is 5.68. The van der Waals surface area contributed by atoms with E-state index in [0.717, 1.165) is 32.1 Å². The maximum atomic E-state index is 10.4. The molecule has 1 fully saturated rings. The lowest BCUT2D eigenvalue weighted by molar-refractivity contribution is -0.136. The molecular formula is C20H34O4. The maximum absolute atomic E-state index is 10.4. The summed E-state index contributed by atoms with van der Waals surface area (Å²) >= 11 is 0. The van der Waals surface area contributed by atoms with Gasteiger partial charge in [0.1, 0.15) is 0 Å². The van der Waals surface area contributed by atoms with Gasteiger partial charge in [-0.3, -0.25) is 4.79 Å². The SMILES string of the molecule is CCCCC/C=C/C[C@@H]1[C@@H](CCC/C=C/CC(=O)O)[C@@H](O)C[C@H]1O. The highest BCUT2D eigenvalue weighted by atomic mass is 16.4. The van der Waals surface area contributed by atoms with Crippen LogP contribution in [0.4, 0.5) is 0 Å². The molecule has 0 amide bonds. The number of hydrogen-bond acceptors (Lipinski definition) is 3. The van der Waals surface area contributed by atoms with Crippen LogP contribution in [0.15, 0.2) is 24.3 Å². The quantitative estimate of drug-likeness (QED) is 0.370. The van der Waals surface area contributed by atoms with Crippen LogP contribution in [0.25, 0.3) is 0 Å². The van der Waals surface area contributed by atoms with Crippen LogP contribution in [-0.4, -0.2) is 33.5 Å². The first-order valence-electron chi connectivity index (χ1n) is 9.44. The molecule has 0 heterocycles. The molecule has 1 aliphatic rings. The monoisotopic (exact) mass is 338 g/mol. The Labute approximate surface area is 146 Å². The third-order valence-corrected chi connectivity index (χ3v) is 4.94. The Bertz CT molecular complexity index is 402. The normalized spacial score (nSPS) is 27.5. The molecule has 4 nitrogen and oxygen atoms in total. The van der Waals surface area contributed by atoms with Gasteiger partial charge in [0.2, 0.25) is 0 Å². The van der Waals surface area contributed by atoms with Crippen molar-refractivity contribution in [3.63, 3.8) is 0 Å². The Morgan fingerprint density at radius 3 is 2.33 bits per heavy atom. The van der Waals surface area contributed by atoms with Gasteiger partial charge >= 0.3 is 5.97 Å². The second-order valence-corrected chi connectivity index (χ2v) is 6.90. The molecule has 1 saturated carbocycles. The summed E-state index contributed by atoms with van der Waals surface area (Å²) in [6.07, 6.45) is 15.9. The summed E-state index contributed by atoms with van der Waals surface area (Å²) in [4.78, 5) is 10.4. The van der Waals surface area contributed by atoms with Gasteiger partial charge in [-0.25, -0.2) is 0 Å². The summed E-state index contributed by atoms with van der Waals surface area (Å²) < 4.78 is 0. The zero-order valence-corrected chi connectivity index (χ0v) is 14.9. The summed E-state index contributed by atoms with van der Waals surface area (Å²) in [6.45, 7) is 2.20. The summed E-state index contributed by atoms with van der Waals surface area (Å²) in [7, 11) is 0. The molecule has 1 rings (SSSR count). The Morgan fingerprint density at radius 2 is 1.62 bits per heavy atom. The number of carboxylic acid groups (broad SMARTS) is 1. The van der Waals surface area contributed by atoms with E-state index in [1.54, 1.807) is 6.08 Å². The van der Waals surface area contributed by atoms with Crippen molar-refractivity contribution in [2.24, 2.45) is 11.8 Å². The first-order chi connectivity index (χ1) is 11.6. The molecular weight excluding hydrogens is 304 g/mol. The molecule has 0 unspecified atom stereocenters. The van der Waals surface area contributed by atoms with Crippen LogP contribution in [0.2, 0.25) is 0 Å². The maximum Gasteiger partial charge on any atom is 0.307 e. The Balaban J connectivity index is 2.33. The van der Waals surface area contributed by atoms with Crippen molar-refractivity contribution < 1.29 is 20.1 Å². The Morgan fingerprint density at radius 1 is 0.958 bits per heavy atom. The van der Waals surface area contributed by atoms with Crippen LogP contribution in [-0.2, 0) is 4.79 Å². The van der Waals surface area contributed by atoms with Gasteiger partial charge in [0.05, 0.1) is 18.6 Å². The van der Waals surface area contributed by atoms with Crippen LogP contribution >= 0.6 is 0 Å². The Kier molecular flexibility index (Phi) is 10.7. The topological polar surface area (TPSA) is 77.8 Å². The lowest BCUT2D eigenvalue weighted by atomic mass is 9.86. The molecule has 4 atom stereocenters. The van der Waals surface area contributed by atoms with Crippen molar-refractivity contribution in [1.82, 2.24) is 0 Å². The van der Waals surface area contributed by atoms with Gasteiger partial charge in [0.25, 0.3) is 0 Å². The van der Waals surface area contributed by atoms with E-state index >= 15 is 0 Å². The highest BCUT2D eigenvalue weighted by Gasteiger charge is 2.40. The van der Waals surface area contributed by atoms with Crippen LogP contribution in [0.5, 0.6) is 0 Å². The van der Waals surface area contributed by atoms with Crippen molar-refractivity contribution in [2.75, 3.05) is 0 Å². The number of rotatable bonds is 12. The van der Waals surface area contributed by atoms with Crippen molar-refractivity contribution >= 4 is 5.97 Å². The predicted molar refractivity (Wildman–Crippen MR) is 96.8 cm³/mol. The molecule has 0 aromatic rings. The standard InChI is InChI=1S/C20H34O4/c1-2-3-4-5-6-9-12-16-17(19(22)15-18(16)21)13-10-7-8-11-14-20(23)24/h6,8-9,11,16-19,21-22H,2-5,7,10,12-15H2,1H3,(H,23,24)/b9-6+,11-8+/t16-,17-,18-,19+/m1/s1. The second kappa shape index (κ2) is 12.3. The minimum atomic E-state index is -0.814. The van der Waals surface area contributed by atoms with Crippen LogP contribution in [0.1, 0.15) is 71.1 Å². The lowest BCUT2D eigenvalue weighted by Crippen LogP contribution is -2.21. The van der Waals surface area contributed by atoms with E-state index in [1.165, 1.54) is 19.3 Å². The molecule has 0 aliphatic heterocycles. The van der Waals surface area contributed by atoms with Gasteiger partial charge in [0, 0.05) is 0 Å². The first kappa shape index (κ1) is 20.9. The molecule has 0 spiro atoms. The molecule has 0 aromatic carbocycles. The van der Waals surface area contributed by atoms with Gasteiger partial charge in [-0.1, -0.05) is 44.1 Å². The molecule has 1 aliphatic carbocycles. The van der Waals surface area contributed by atoms with Crippen LogP contribution in [0.3, 0.4) is 0 Å². The molecule has 0 radical (unpaired) electrons. The van der Waals surface area contributed by atoms with Crippen molar-refractivity contribution in [3.05, 3.63) is 24.3 Å². The number of unbranched alkanes of at least 4 members (excludes halogenated alkanes) is 4. The number of carbonyl (C=O) groups is 1. The van der Waals surface area contributed by atoms with Gasteiger partial charge < -0.3 is 15.3 Å². The number of allylic oxidation sites excluding steroid dienone is 3. The van der Waals surface area contributed by atoms with E-state index in [1.807, 2.05) is 6.08 Å². The summed E-state index contributed by atoms with van der Waals surface area (Å²) in [5.41, 5.74) is 0. The van der Waals surface area contributed by atoms with E-state index in [2.05, 4.69) is 19.1 Å². The molecule has 4 heteroatoms. The molecule has 0 saturated heterocycles. The summed E-state index contributed by atoms with van der Waals surface area (Å²) in [5.74, 6) is -0.523. The molecule has 0 aromatic heterocycles. The van der Waals surface area contributed by atoms with E-state index in [-0.39, 0.29) is 18.3 Å². The average molecular weight is 338 g/mol. The van der Waals surface area contributed by atoms with Crippen LogP contribution in [0, 0.1) is 11.8 Å². The van der Waals surface area contributed by atoms with E-state index in [4.69, 9.17) is 5.11 Å². The number of aliphatic carboxylic acids is 1. The average Bonchev–Trinajstić information content (AvgIpc) is 2.80. The van der Waals surface area contributed by atoms with E-state index < -0.39 is 18.2 Å². The smallest absolute Gasteiger partial charge is 0.307 e. The number of carboxylic acids is 1. The highest BCUT2D eigenvalue weighted by Crippen LogP contribution is 2.38. The predicted octanol–water partition coefficient (Wildman–Crippen LogP) is 4.07. The summed E-state index contributed by atoms with van der Waals surface area (Å²) in [6, 6.07) is 0. The van der Waals surface area contributed by atoms with Gasteiger partial charge in [-0.05, 0) is 56.8 Å². The van der Waals surface area contributed by atoms with Gasteiger partial charge in [-0.15, -0.1) is 0 Å². The lowest BCUT2D eigenvalue weighted by Gasteiger charge is -2.22. The zero-order chi connectivity index (χ0) is 17.8. The van der Waals surface area contributed by atoms with E-state index in [9.17, 15) is 15.0 Å². The van der Waals surface area contributed by atoms with Crippen molar-refractivity contribution in [2.45, 2.75) is 83.3 Å². The second-order valence-electron chi connectivity index (χ2n) is 6.90. The number of hydrogen-bond donors (Lipinski definition) is 3.